The molecule has 0 aliphatic heterocycles. The van der Waals surface area contributed by atoms with Crippen molar-refractivity contribution in [1.29, 1.82) is 0 Å². The van der Waals surface area contributed by atoms with Crippen LogP contribution in [0.3, 0.4) is 0 Å². The molecule has 2 N–H and O–H groups in total. The van der Waals surface area contributed by atoms with E-state index in [0.29, 0.717) is 19.5 Å². The van der Waals surface area contributed by atoms with Crippen molar-refractivity contribution < 1.29 is 9.18 Å². The molecule has 1 aromatic heterocycles. The fourth-order valence-corrected chi connectivity index (χ4v) is 2.19. The Hall–Kier alpha value is -2.37. The second kappa shape index (κ2) is 8.17. The Kier molecular flexibility index (Phi) is 5.94. The number of rotatable bonds is 7. The SMILES string of the molecule is Cc1cc(F)ccc1CCNC(=O)NCCCn1cccn1. The molecule has 2 amide bonds. The van der Waals surface area contributed by atoms with Gasteiger partial charge < -0.3 is 10.6 Å². The van der Waals surface area contributed by atoms with Gasteiger partial charge in [-0.2, -0.15) is 5.10 Å². The van der Waals surface area contributed by atoms with Crippen LogP contribution >= 0.6 is 0 Å². The van der Waals surface area contributed by atoms with Crippen LogP contribution in [0.25, 0.3) is 0 Å². The number of aryl methyl sites for hydroxylation is 2. The van der Waals surface area contributed by atoms with Crippen LogP contribution in [-0.2, 0) is 13.0 Å². The molecule has 0 saturated carbocycles. The summed E-state index contributed by atoms with van der Waals surface area (Å²) in [4.78, 5) is 11.6. The van der Waals surface area contributed by atoms with E-state index in [1.165, 1.54) is 12.1 Å². The molecule has 0 aliphatic rings. The van der Waals surface area contributed by atoms with Gasteiger partial charge in [0, 0.05) is 32.0 Å². The maximum absolute atomic E-state index is 13.0. The van der Waals surface area contributed by atoms with Crippen molar-refractivity contribution in [3.8, 4) is 0 Å². The molecule has 6 heteroatoms. The van der Waals surface area contributed by atoms with Crippen LogP contribution < -0.4 is 10.6 Å². The lowest BCUT2D eigenvalue weighted by atomic mass is 10.1. The lowest BCUT2D eigenvalue weighted by molar-refractivity contribution is 0.240. The lowest BCUT2D eigenvalue weighted by Gasteiger charge is -2.09. The topological polar surface area (TPSA) is 59.0 Å². The first-order valence-electron chi connectivity index (χ1n) is 7.39. The smallest absolute Gasteiger partial charge is 0.314 e. The number of benzene rings is 1. The molecule has 2 aromatic rings. The molecule has 0 atom stereocenters. The molecule has 1 heterocycles. The number of amides is 2. The lowest BCUT2D eigenvalue weighted by Crippen LogP contribution is -2.37. The summed E-state index contributed by atoms with van der Waals surface area (Å²) in [5.41, 5.74) is 1.95. The van der Waals surface area contributed by atoms with Crippen LogP contribution in [0.5, 0.6) is 0 Å². The van der Waals surface area contributed by atoms with Gasteiger partial charge in [0.05, 0.1) is 0 Å². The first-order valence-corrected chi connectivity index (χ1v) is 7.39. The average Bonchev–Trinajstić information content (AvgIpc) is 2.99. The second-order valence-electron chi connectivity index (χ2n) is 5.13. The summed E-state index contributed by atoms with van der Waals surface area (Å²) >= 11 is 0. The number of nitrogens with one attached hydrogen (secondary N) is 2. The largest absolute Gasteiger partial charge is 0.338 e. The van der Waals surface area contributed by atoms with E-state index in [4.69, 9.17) is 0 Å². The molecule has 0 bridgehead atoms. The van der Waals surface area contributed by atoms with E-state index >= 15 is 0 Å². The van der Waals surface area contributed by atoms with E-state index in [-0.39, 0.29) is 11.8 Å². The third kappa shape index (κ3) is 5.20. The molecule has 0 unspecified atom stereocenters. The molecular weight excluding hydrogens is 283 g/mol. The van der Waals surface area contributed by atoms with Gasteiger partial charge in [-0.15, -0.1) is 0 Å². The van der Waals surface area contributed by atoms with Gasteiger partial charge in [0.25, 0.3) is 0 Å². The van der Waals surface area contributed by atoms with E-state index in [1.54, 1.807) is 12.3 Å². The number of hydrogen-bond acceptors (Lipinski definition) is 2. The van der Waals surface area contributed by atoms with Crippen LogP contribution in [-0.4, -0.2) is 28.9 Å². The van der Waals surface area contributed by atoms with Crippen molar-refractivity contribution in [2.24, 2.45) is 0 Å². The minimum Gasteiger partial charge on any atom is -0.338 e. The van der Waals surface area contributed by atoms with Crippen molar-refractivity contribution in [3.05, 3.63) is 53.6 Å². The van der Waals surface area contributed by atoms with Gasteiger partial charge in [-0.05, 0) is 49.1 Å². The first-order chi connectivity index (χ1) is 10.6. The molecule has 5 nitrogen and oxygen atoms in total. The average molecular weight is 304 g/mol. The number of carbonyl (C=O) groups excluding carboxylic acids is 1. The Balaban J connectivity index is 1.59. The molecule has 0 aliphatic carbocycles. The van der Waals surface area contributed by atoms with Gasteiger partial charge in [0.2, 0.25) is 0 Å². The van der Waals surface area contributed by atoms with Gasteiger partial charge in [0.1, 0.15) is 5.82 Å². The summed E-state index contributed by atoms with van der Waals surface area (Å²) in [5, 5.41) is 9.70. The van der Waals surface area contributed by atoms with Crippen molar-refractivity contribution >= 4 is 6.03 Å². The van der Waals surface area contributed by atoms with E-state index in [2.05, 4.69) is 15.7 Å². The number of hydrogen-bond donors (Lipinski definition) is 2. The van der Waals surface area contributed by atoms with E-state index in [1.807, 2.05) is 23.9 Å². The number of carbonyl (C=O) groups is 1. The predicted octanol–water partition coefficient (Wildman–Crippen LogP) is 2.26. The summed E-state index contributed by atoms with van der Waals surface area (Å²) in [6, 6.07) is 6.40. The van der Waals surface area contributed by atoms with Crippen LogP contribution in [0.2, 0.25) is 0 Å². The van der Waals surface area contributed by atoms with Gasteiger partial charge in [-0.3, -0.25) is 4.68 Å². The van der Waals surface area contributed by atoms with Gasteiger partial charge >= 0.3 is 6.03 Å². The van der Waals surface area contributed by atoms with Crippen LogP contribution in [0.1, 0.15) is 17.5 Å². The molecule has 0 saturated heterocycles. The third-order valence-corrected chi connectivity index (χ3v) is 3.39. The maximum atomic E-state index is 13.0. The molecular formula is C16H21FN4O. The van der Waals surface area contributed by atoms with Crippen molar-refractivity contribution in [1.82, 2.24) is 20.4 Å². The quantitative estimate of drug-likeness (QED) is 0.771. The zero-order valence-corrected chi connectivity index (χ0v) is 12.7. The van der Waals surface area contributed by atoms with Gasteiger partial charge in [0.15, 0.2) is 0 Å². The maximum Gasteiger partial charge on any atom is 0.314 e. The highest BCUT2D eigenvalue weighted by Gasteiger charge is 2.02. The summed E-state index contributed by atoms with van der Waals surface area (Å²) < 4.78 is 14.8. The first kappa shape index (κ1) is 16.0. The number of urea groups is 1. The second-order valence-corrected chi connectivity index (χ2v) is 5.13. The van der Waals surface area contributed by atoms with Crippen molar-refractivity contribution in [2.45, 2.75) is 26.3 Å². The molecule has 0 fully saturated rings. The Bertz CT molecular complexity index is 598. The van der Waals surface area contributed by atoms with Crippen molar-refractivity contribution in [3.63, 3.8) is 0 Å². The highest BCUT2D eigenvalue weighted by molar-refractivity contribution is 5.73. The molecule has 22 heavy (non-hydrogen) atoms. The molecule has 0 radical (unpaired) electrons. The molecule has 0 spiro atoms. The standard InChI is InChI=1S/C16H21FN4O/c1-13-12-15(17)5-4-14(13)6-9-19-16(22)18-7-2-10-21-11-3-8-20-21/h3-5,8,11-12H,2,6-7,9-10H2,1H3,(H2,18,19,22). The minimum absolute atomic E-state index is 0.180. The highest BCUT2D eigenvalue weighted by Crippen LogP contribution is 2.10. The van der Waals surface area contributed by atoms with Gasteiger partial charge in [-0.1, -0.05) is 6.07 Å². The van der Waals surface area contributed by atoms with Gasteiger partial charge in [-0.25, -0.2) is 9.18 Å². The van der Waals surface area contributed by atoms with E-state index < -0.39 is 0 Å². The Morgan fingerprint density at radius 1 is 1.32 bits per heavy atom. The van der Waals surface area contributed by atoms with Crippen LogP contribution in [0, 0.1) is 12.7 Å². The Labute approximate surface area is 129 Å². The zero-order chi connectivity index (χ0) is 15.8. The molecule has 2 rings (SSSR count). The fourth-order valence-electron chi connectivity index (χ4n) is 2.19. The van der Waals surface area contributed by atoms with E-state index in [9.17, 15) is 9.18 Å². The fraction of sp³-hybridized carbons (Fsp3) is 0.375. The summed E-state index contributed by atoms with van der Waals surface area (Å²) in [5.74, 6) is -0.232. The number of nitrogens with zero attached hydrogens (tertiary/aromatic N) is 2. The summed E-state index contributed by atoms with van der Waals surface area (Å²) in [6.07, 6.45) is 5.14. The highest BCUT2D eigenvalue weighted by atomic mass is 19.1. The van der Waals surface area contributed by atoms with E-state index in [0.717, 1.165) is 24.1 Å². The molecule has 118 valence electrons. The normalized spacial score (nSPS) is 10.5. The number of aromatic nitrogens is 2. The predicted molar refractivity (Wildman–Crippen MR) is 83.1 cm³/mol. The Morgan fingerprint density at radius 2 is 2.14 bits per heavy atom. The Morgan fingerprint density at radius 3 is 2.86 bits per heavy atom. The molecule has 1 aromatic carbocycles. The number of halogens is 1. The van der Waals surface area contributed by atoms with Crippen molar-refractivity contribution in [2.75, 3.05) is 13.1 Å². The summed E-state index contributed by atoms with van der Waals surface area (Å²) in [6.45, 7) is 3.77. The summed E-state index contributed by atoms with van der Waals surface area (Å²) in [7, 11) is 0. The minimum atomic E-state index is -0.232. The third-order valence-electron chi connectivity index (χ3n) is 3.39. The zero-order valence-electron chi connectivity index (χ0n) is 12.7. The van der Waals surface area contributed by atoms with Crippen LogP contribution in [0.15, 0.2) is 36.7 Å². The monoisotopic (exact) mass is 304 g/mol. The van der Waals surface area contributed by atoms with Crippen LogP contribution in [0.4, 0.5) is 9.18 Å².